The Bertz CT molecular complexity index is 254. The Kier molecular flexibility index (Phi) is 7.54. The summed E-state index contributed by atoms with van der Waals surface area (Å²) in [5, 5.41) is 2.69. The van der Waals surface area contributed by atoms with Gasteiger partial charge in [0.05, 0.1) is 7.11 Å². The summed E-state index contributed by atoms with van der Waals surface area (Å²) in [7, 11) is 1.32. The molecule has 5 nitrogen and oxygen atoms in total. The van der Waals surface area contributed by atoms with Crippen LogP contribution in [0.2, 0.25) is 0 Å². The first-order valence-corrected chi connectivity index (χ1v) is 5.99. The third kappa shape index (κ3) is 6.26. The molecule has 0 aromatic heterocycles. The van der Waals surface area contributed by atoms with Crippen molar-refractivity contribution in [2.75, 3.05) is 13.7 Å². The van der Waals surface area contributed by atoms with Gasteiger partial charge in [0.25, 0.3) is 0 Å². The number of hydrogen-bond donors (Lipinski definition) is 2. The van der Waals surface area contributed by atoms with Crippen molar-refractivity contribution in [3.63, 3.8) is 0 Å². The second-order valence-corrected chi connectivity index (χ2v) is 4.69. The smallest absolute Gasteiger partial charge is 0.328 e. The average Bonchev–Trinajstić information content (AvgIpc) is 2.31. The van der Waals surface area contributed by atoms with E-state index in [0.717, 1.165) is 6.42 Å². The number of amides is 1. The van der Waals surface area contributed by atoms with E-state index in [2.05, 4.69) is 10.1 Å². The van der Waals surface area contributed by atoms with Crippen LogP contribution in [0.1, 0.15) is 33.6 Å². The van der Waals surface area contributed by atoms with Gasteiger partial charge < -0.3 is 15.8 Å². The van der Waals surface area contributed by atoms with Crippen LogP contribution in [0.5, 0.6) is 0 Å². The highest BCUT2D eigenvalue weighted by molar-refractivity contribution is 5.84. The molecule has 0 spiro atoms. The van der Waals surface area contributed by atoms with Crippen molar-refractivity contribution in [2.24, 2.45) is 17.6 Å². The maximum Gasteiger partial charge on any atom is 0.328 e. The van der Waals surface area contributed by atoms with E-state index >= 15 is 0 Å². The van der Waals surface area contributed by atoms with Crippen molar-refractivity contribution in [1.29, 1.82) is 0 Å². The molecule has 0 aromatic rings. The minimum atomic E-state index is -0.569. The molecule has 0 bridgehead atoms. The molecule has 0 aliphatic carbocycles. The Labute approximate surface area is 103 Å². The van der Waals surface area contributed by atoms with Gasteiger partial charge in [-0.1, -0.05) is 20.8 Å². The molecule has 1 amide bonds. The van der Waals surface area contributed by atoms with Gasteiger partial charge in [-0.2, -0.15) is 0 Å². The molecule has 1 unspecified atom stereocenters. The molecule has 0 aromatic carbocycles. The van der Waals surface area contributed by atoms with E-state index in [1.807, 2.05) is 20.8 Å². The predicted octanol–water partition coefficient (Wildman–Crippen LogP) is 0.675. The third-order valence-electron chi connectivity index (χ3n) is 2.70. The molecular formula is C12H24N2O3. The van der Waals surface area contributed by atoms with Crippen LogP contribution in [0.4, 0.5) is 0 Å². The van der Waals surface area contributed by atoms with Crippen LogP contribution in [0, 0.1) is 11.8 Å². The molecule has 0 rings (SSSR count). The summed E-state index contributed by atoms with van der Waals surface area (Å²) < 4.78 is 4.65. The van der Waals surface area contributed by atoms with Crippen LogP contribution in [-0.4, -0.2) is 31.6 Å². The summed E-state index contributed by atoms with van der Waals surface area (Å²) in [6, 6.07) is -0.569. The highest BCUT2D eigenvalue weighted by Gasteiger charge is 2.24. The lowest BCUT2D eigenvalue weighted by Gasteiger charge is -2.20. The minimum absolute atomic E-state index is 0.0123. The number of nitrogens with one attached hydrogen (secondary N) is 1. The number of esters is 1. The Balaban J connectivity index is 4.18. The number of nitrogens with two attached hydrogens (primary N) is 1. The Morgan fingerprint density at radius 3 is 2.29 bits per heavy atom. The molecule has 0 aliphatic rings. The van der Waals surface area contributed by atoms with Crippen molar-refractivity contribution in [2.45, 2.75) is 39.7 Å². The fourth-order valence-electron chi connectivity index (χ4n) is 1.37. The summed E-state index contributed by atoms with van der Waals surface area (Å²) >= 11 is 0. The normalized spacial score (nSPS) is 14.2. The summed E-state index contributed by atoms with van der Waals surface area (Å²) in [5.41, 5.74) is 5.47. The number of carbonyl (C=O) groups excluding carboxylic acids is 2. The summed E-state index contributed by atoms with van der Waals surface area (Å²) in [5.74, 6) is -0.204. The molecule has 17 heavy (non-hydrogen) atoms. The van der Waals surface area contributed by atoms with Crippen molar-refractivity contribution in [1.82, 2.24) is 5.32 Å². The molecule has 0 saturated carbocycles. The third-order valence-corrected chi connectivity index (χ3v) is 2.70. The van der Waals surface area contributed by atoms with E-state index in [1.54, 1.807) is 0 Å². The van der Waals surface area contributed by atoms with E-state index in [-0.39, 0.29) is 11.8 Å². The maximum atomic E-state index is 11.6. The minimum Gasteiger partial charge on any atom is -0.467 e. The first kappa shape index (κ1) is 15.9. The molecule has 0 aliphatic heterocycles. The lowest BCUT2D eigenvalue weighted by atomic mass is 10.0. The maximum absolute atomic E-state index is 11.6. The van der Waals surface area contributed by atoms with Gasteiger partial charge >= 0.3 is 5.97 Å². The highest BCUT2D eigenvalue weighted by Crippen LogP contribution is 2.07. The standard InChI is InChI=1S/C12H24N2O3/c1-8(2)11(12(16)17-4)14-10(15)6-5-9(3)7-13/h8-9,11H,5-7,13H2,1-4H3,(H,14,15)/t9?,11-/m0/s1. The predicted molar refractivity (Wildman–Crippen MR) is 66.2 cm³/mol. The summed E-state index contributed by atoms with van der Waals surface area (Å²) in [4.78, 5) is 23.1. The van der Waals surface area contributed by atoms with Gasteiger partial charge in [-0.3, -0.25) is 4.79 Å². The van der Waals surface area contributed by atoms with E-state index in [1.165, 1.54) is 7.11 Å². The van der Waals surface area contributed by atoms with E-state index < -0.39 is 12.0 Å². The van der Waals surface area contributed by atoms with Gasteiger partial charge in [0, 0.05) is 6.42 Å². The monoisotopic (exact) mass is 244 g/mol. The van der Waals surface area contributed by atoms with Crippen LogP contribution >= 0.6 is 0 Å². The fourth-order valence-corrected chi connectivity index (χ4v) is 1.37. The Hall–Kier alpha value is -1.10. The molecular weight excluding hydrogens is 220 g/mol. The van der Waals surface area contributed by atoms with Crippen LogP contribution in [0.15, 0.2) is 0 Å². The summed E-state index contributed by atoms with van der Waals surface area (Å²) in [6.45, 7) is 6.29. The van der Waals surface area contributed by atoms with Crippen LogP contribution < -0.4 is 11.1 Å². The van der Waals surface area contributed by atoms with Gasteiger partial charge in [0.1, 0.15) is 6.04 Å². The lowest BCUT2D eigenvalue weighted by Crippen LogP contribution is -2.45. The molecule has 0 saturated heterocycles. The van der Waals surface area contributed by atoms with Gasteiger partial charge in [0.2, 0.25) is 5.91 Å². The largest absolute Gasteiger partial charge is 0.467 e. The molecule has 3 N–H and O–H groups in total. The summed E-state index contributed by atoms with van der Waals surface area (Å²) in [6.07, 6.45) is 1.12. The van der Waals surface area contributed by atoms with Gasteiger partial charge in [-0.05, 0) is 24.8 Å². The first-order valence-electron chi connectivity index (χ1n) is 5.99. The molecule has 0 fully saturated rings. The van der Waals surface area contributed by atoms with Crippen LogP contribution in [0.3, 0.4) is 0 Å². The lowest BCUT2D eigenvalue weighted by molar-refractivity contribution is -0.146. The van der Waals surface area contributed by atoms with Crippen molar-refractivity contribution >= 4 is 11.9 Å². The second-order valence-electron chi connectivity index (χ2n) is 4.69. The van der Waals surface area contributed by atoms with Crippen molar-refractivity contribution < 1.29 is 14.3 Å². The zero-order valence-electron chi connectivity index (χ0n) is 11.2. The Morgan fingerprint density at radius 1 is 1.29 bits per heavy atom. The molecule has 2 atom stereocenters. The number of hydrogen-bond acceptors (Lipinski definition) is 4. The van der Waals surface area contributed by atoms with Crippen LogP contribution in [0.25, 0.3) is 0 Å². The van der Waals surface area contributed by atoms with Crippen LogP contribution in [-0.2, 0) is 14.3 Å². The van der Waals surface area contributed by atoms with Crippen molar-refractivity contribution in [3.8, 4) is 0 Å². The van der Waals surface area contributed by atoms with Gasteiger partial charge in [-0.25, -0.2) is 4.79 Å². The first-order chi connectivity index (χ1) is 7.92. The van der Waals surface area contributed by atoms with E-state index in [9.17, 15) is 9.59 Å². The van der Waals surface area contributed by atoms with E-state index in [0.29, 0.717) is 18.9 Å². The van der Waals surface area contributed by atoms with E-state index in [4.69, 9.17) is 5.73 Å². The SMILES string of the molecule is COC(=O)[C@@H](NC(=O)CCC(C)CN)C(C)C. The topological polar surface area (TPSA) is 81.4 Å². The molecule has 100 valence electrons. The highest BCUT2D eigenvalue weighted by atomic mass is 16.5. The average molecular weight is 244 g/mol. The fraction of sp³-hybridized carbons (Fsp3) is 0.833. The number of methoxy groups -OCH3 is 1. The number of carbonyl (C=O) groups is 2. The quantitative estimate of drug-likeness (QED) is 0.645. The zero-order chi connectivity index (χ0) is 13.4. The molecule has 5 heteroatoms. The van der Waals surface area contributed by atoms with Gasteiger partial charge in [0.15, 0.2) is 0 Å². The Morgan fingerprint density at radius 2 is 1.88 bits per heavy atom. The molecule has 0 heterocycles. The molecule has 0 radical (unpaired) electrons. The zero-order valence-corrected chi connectivity index (χ0v) is 11.2. The van der Waals surface area contributed by atoms with Gasteiger partial charge in [-0.15, -0.1) is 0 Å². The number of ether oxygens (including phenoxy) is 1. The second kappa shape index (κ2) is 8.06. The number of rotatable bonds is 7. The van der Waals surface area contributed by atoms with Crippen molar-refractivity contribution in [3.05, 3.63) is 0 Å².